The predicted molar refractivity (Wildman–Crippen MR) is 143 cm³/mol. The van der Waals surface area contributed by atoms with E-state index in [0.717, 1.165) is 26.8 Å². The highest BCUT2D eigenvalue weighted by Crippen LogP contribution is 2.41. The van der Waals surface area contributed by atoms with Gasteiger partial charge in [0.25, 0.3) is 5.92 Å². The highest BCUT2D eigenvalue weighted by atomic mass is 35.5. The van der Waals surface area contributed by atoms with Gasteiger partial charge in [-0.25, -0.2) is 8.78 Å². The molecule has 1 aliphatic heterocycles. The summed E-state index contributed by atoms with van der Waals surface area (Å²) in [5.74, 6) is -4.03. The Bertz CT molecular complexity index is 1630. The van der Waals surface area contributed by atoms with Gasteiger partial charge in [-0.05, 0) is 64.7 Å². The Hall–Kier alpha value is -3.89. The molecule has 0 unspecified atom stereocenters. The van der Waals surface area contributed by atoms with Gasteiger partial charge in [-0.3, -0.25) is 14.6 Å². The number of fused-ring (bicyclic) bond motifs is 2. The van der Waals surface area contributed by atoms with E-state index < -0.39 is 30.3 Å². The third-order valence-corrected chi connectivity index (χ3v) is 7.53. The van der Waals surface area contributed by atoms with Crippen molar-refractivity contribution in [1.82, 2.24) is 9.88 Å². The summed E-state index contributed by atoms with van der Waals surface area (Å²) in [6.45, 7) is 0.808. The molecule has 1 amide bonds. The first-order chi connectivity index (χ1) is 18.1. The number of halogens is 3. The van der Waals surface area contributed by atoms with Gasteiger partial charge in [0.05, 0.1) is 18.1 Å². The Kier molecular flexibility index (Phi) is 6.62. The van der Waals surface area contributed by atoms with Gasteiger partial charge in [0.15, 0.2) is 5.78 Å². The van der Waals surface area contributed by atoms with E-state index in [4.69, 9.17) is 11.6 Å². The number of carbonyl (C=O) groups is 2. The molecule has 1 fully saturated rings. The fourth-order valence-electron chi connectivity index (χ4n) is 5.24. The number of ketones is 1. The zero-order valence-electron chi connectivity index (χ0n) is 20.7. The molecule has 0 spiro atoms. The number of hydrogen-bond donors (Lipinski definition) is 0. The van der Waals surface area contributed by atoms with Gasteiger partial charge < -0.3 is 4.90 Å². The monoisotopic (exact) mass is 531 g/mol. The molecule has 0 radical (unpaired) electrons. The van der Waals surface area contributed by atoms with Crippen molar-refractivity contribution >= 4 is 45.0 Å². The standard InChI is InChI=1S/C30H24ClF2N3O2/c1-2-29(17-34)16-30(32,33)18-36(29)28(38)10-9-27(37)24-11-12-35-26-8-6-22(15-25(24)26)19-3-4-21-14-23(31)7-5-20(21)13-19/h3-8,11-15H,2,9-10,16,18H2,1H3/t29-/m0/s1. The molecule has 192 valence electrons. The smallest absolute Gasteiger partial charge is 0.268 e. The highest BCUT2D eigenvalue weighted by Gasteiger charge is 2.56. The average Bonchev–Trinajstić information content (AvgIpc) is 3.21. The lowest BCUT2D eigenvalue weighted by molar-refractivity contribution is -0.134. The van der Waals surface area contributed by atoms with E-state index in [2.05, 4.69) is 4.98 Å². The summed E-state index contributed by atoms with van der Waals surface area (Å²) in [5, 5.41) is 12.9. The maximum absolute atomic E-state index is 14.1. The molecule has 1 aromatic heterocycles. The zero-order valence-corrected chi connectivity index (χ0v) is 21.4. The van der Waals surface area contributed by atoms with E-state index in [0.29, 0.717) is 21.5 Å². The molecule has 38 heavy (non-hydrogen) atoms. The van der Waals surface area contributed by atoms with E-state index in [1.54, 1.807) is 13.0 Å². The molecule has 0 saturated carbocycles. The zero-order chi connectivity index (χ0) is 27.1. The molecule has 2 heterocycles. The molecule has 0 N–H and O–H groups in total. The number of hydrogen-bond acceptors (Lipinski definition) is 4. The van der Waals surface area contributed by atoms with Gasteiger partial charge in [0, 0.05) is 41.4 Å². The van der Waals surface area contributed by atoms with Gasteiger partial charge in [-0.2, -0.15) is 5.26 Å². The van der Waals surface area contributed by atoms with Crippen LogP contribution in [0.25, 0.3) is 32.8 Å². The van der Waals surface area contributed by atoms with Crippen molar-refractivity contribution in [2.45, 2.75) is 44.1 Å². The fourth-order valence-corrected chi connectivity index (χ4v) is 5.42. The number of amides is 1. The average molecular weight is 532 g/mol. The lowest BCUT2D eigenvalue weighted by Gasteiger charge is -2.30. The topological polar surface area (TPSA) is 74.1 Å². The Balaban J connectivity index is 1.40. The first-order valence-corrected chi connectivity index (χ1v) is 12.7. The van der Waals surface area contributed by atoms with Crippen molar-refractivity contribution in [3.8, 4) is 17.2 Å². The molecule has 0 bridgehead atoms. The summed E-state index contributed by atoms with van der Waals surface area (Å²) in [6, 6.07) is 20.9. The van der Waals surface area contributed by atoms with E-state index in [-0.39, 0.29) is 25.0 Å². The van der Waals surface area contributed by atoms with Gasteiger partial charge in [0.1, 0.15) is 5.54 Å². The molecular formula is C30H24ClF2N3O2. The van der Waals surface area contributed by atoms with Crippen LogP contribution in [0, 0.1) is 11.3 Å². The van der Waals surface area contributed by atoms with Crippen molar-refractivity contribution in [2.24, 2.45) is 0 Å². The van der Waals surface area contributed by atoms with E-state index in [1.165, 1.54) is 6.20 Å². The Morgan fingerprint density at radius 1 is 1.03 bits per heavy atom. The number of likely N-dealkylation sites (tertiary alicyclic amines) is 1. The van der Waals surface area contributed by atoms with E-state index in [1.807, 2.05) is 60.7 Å². The Morgan fingerprint density at radius 2 is 1.74 bits per heavy atom. The molecule has 5 rings (SSSR count). The number of aromatic nitrogens is 1. The van der Waals surface area contributed by atoms with Crippen molar-refractivity contribution in [3.05, 3.63) is 77.4 Å². The largest absolute Gasteiger partial charge is 0.318 e. The minimum absolute atomic E-state index is 0.0956. The van der Waals surface area contributed by atoms with Gasteiger partial charge in [0.2, 0.25) is 5.91 Å². The summed E-state index contributed by atoms with van der Waals surface area (Å²) in [6.07, 6.45) is 0.529. The fraction of sp³-hybridized carbons (Fsp3) is 0.267. The van der Waals surface area contributed by atoms with Crippen molar-refractivity contribution in [2.75, 3.05) is 6.54 Å². The normalized spacial score (nSPS) is 18.6. The van der Waals surface area contributed by atoms with Crippen LogP contribution in [0.4, 0.5) is 8.78 Å². The second-order valence-corrected chi connectivity index (χ2v) is 10.2. The van der Waals surface area contributed by atoms with Crippen molar-refractivity contribution < 1.29 is 18.4 Å². The van der Waals surface area contributed by atoms with Gasteiger partial charge in [-0.15, -0.1) is 0 Å². The molecule has 1 saturated heterocycles. The maximum Gasteiger partial charge on any atom is 0.268 e. The van der Waals surface area contributed by atoms with Crippen LogP contribution >= 0.6 is 11.6 Å². The van der Waals surface area contributed by atoms with Crippen LogP contribution in [0.5, 0.6) is 0 Å². The van der Waals surface area contributed by atoms with Gasteiger partial charge in [-0.1, -0.05) is 42.8 Å². The number of nitrogens with zero attached hydrogens (tertiary/aromatic N) is 3. The molecule has 0 aliphatic carbocycles. The third kappa shape index (κ3) is 4.72. The Labute approximate surface area is 223 Å². The minimum atomic E-state index is -3.13. The number of alkyl halides is 2. The molecule has 3 aromatic carbocycles. The van der Waals surface area contributed by atoms with Crippen LogP contribution in [0.2, 0.25) is 5.02 Å². The Morgan fingerprint density at radius 3 is 2.50 bits per heavy atom. The second-order valence-electron chi connectivity index (χ2n) is 9.73. The minimum Gasteiger partial charge on any atom is -0.318 e. The van der Waals surface area contributed by atoms with Crippen LogP contribution in [0.1, 0.15) is 43.0 Å². The summed E-state index contributed by atoms with van der Waals surface area (Å²) < 4.78 is 28.2. The lowest BCUT2D eigenvalue weighted by Crippen LogP contribution is -2.46. The first-order valence-electron chi connectivity index (χ1n) is 12.4. The quantitative estimate of drug-likeness (QED) is 0.246. The highest BCUT2D eigenvalue weighted by molar-refractivity contribution is 6.31. The molecule has 4 aromatic rings. The number of pyridine rings is 1. The summed E-state index contributed by atoms with van der Waals surface area (Å²) >= 11 is 6.10. The molecule has 8 heteroatoms. The SMILES string of the molecule is CC[C@@]1(C#N)CC(F)(F)CN1C(=O)CCC(=O)c1ccnc2ccc(-c3ccc4cc(Cl)ccc4c3)cc12. The molecule has 5 nitrogen and oxygen atoms in total. The predicted octanol–water partition coefficient (Wildman–Crippen LogP) is 7.21. The van der Waals surface area contributed by atoms with Crippen LogP contribution in [0.3, 0.4) is 0 Å². The second kappa shape index (κ2) is 9.77. The molecular weight excluding hydrogens is 508 g/mol. The number of benzene rings is 3. The number of rotatable bonds is 6. The molecule has 1 aliphatic rings. The lowest BCUT2D eigenvalue weighted by atomic mass is 9.93. The van der Waals surface area contributed by atoms with Crippen molar-refractivity contribution in [3.63, 3.8) is 0 Å². The van der Waals surface area contributed by atoms with Crippen molar-refractivity contribution in [1.29, 1.82) is 5.26 Å². The van der Waals surface area contributed by atoms with E-state index >= 15 is 0 Å². The van der Waals surface area contributed by atoms with E-state index in [9.17, 15) is 23.6 Å². The van der Waals surface area contributed by atoms with Crippen LogP contribution in [-0.4, -0.2) is 39.6 Å². The summed E-state index contributed by atoms with van der Waals surface area (Å²) in [5.41, 5.74) is 1.35. The number of carbonyl (C=O) groups excluding carboxylic acids is 2. The first kappa shape index (κ1) is 25.7. The summed E-state index contributed by atoms with van der Waals surface area (Å²) in [4.78, 5) is 31.5. The summed E-state index contributed by atoms with van der Waals surface area (Å²) in [7, 11) is 0. The van der Waals surface area contributed by atoms with Crippen LogP contribution in [0.15, 0.2) is 66.9 Å². The number of Topliss-reactive ketones (excluding diaryl/α,β-unsaturated/α-hetero) is 1. The molecule has 1 atom stereocenters. The van der Waals surface area contributed by atoms with Crippen LogP contribution in [-0.2, 0) is 4.79 Å². The van der Waals surface area contributed by atoms with Crippen LogP contribution < -0.4 is 0 Å². The van der Waals surface area contributed by atoms with Gasteiger partial charge >= 0.3 is 0 Å². The maximum atomic E-state index is 14.1. The number of nitriles is 1. The third-order valence-electron chi connectivity index (χ3n) is 7.29.